The van der Waals surface area contributed by atoms with E-state index >= 15 is 0 Å². The normalized spacial score (nSPS) is 10.5. The molecule has 0 aliphatic carbocycles. The number of aromatic hydroxyl groups is 1. The van der Waals surface area contributed by atoms with Crippen molar-refractivity contribution in [2.24, 2.45) is 0 Å². The van der Waals surface area contributed by atoms with Crippen LogP contribution in [0.15, 0.2) is 60.7 Å². The van der Waals surface area contributed by atoms with Gasteiger partial charge in [0.2, 0.25) is 5.91 Å². The Hall–Kier alpha value is -3.67. The van der Waals surface area contributed by atoms with E-state index in [1.807, 2.05) is 12.1 Å². The number of hydrogen-bond donors (Lipinski definition) is 2. The van der Waals surface area contributed by atoms with Crippen LogP contribution < -0.4 is 5.32 Å². The highest BCUT2D eigenvalue weighted by Crippen LogP contribution is 2.29. The van der Waals surface area contributed by atoms with Crippen LogP contribution >= 0.6 is 0 Å². The molecule has 1 amide bonds. The SMILES string of the molecule is CCC(=O)Nc1ccc(C(=O)COC(=O)c2ccc3ccccc3c2O)cc1. The second-order valence-electron chi connectivity index (χ2n) is 6.16. The lowest BCUT2D eigenvalue weighted by Gasteiger charge is -2.09. The summed E-state index contributed by atoms with van der Waals surface area (Å²) in [6.07, 6.45) is 0.359. The highest BCUT2D eigenvalue weighted by atomic mass is 16.5. The molecule has 3 aromatic carbocycles. The van der Waals surface area contributed by atoms with Crippen molar-refractivity contribution < 1.29 is 24.2 Å². The molecule has 0 fully saturated rings. The molecule has 0 saturated heterocycles. The maximum atomic E-state index is 12.3. The summed E-state index contributed by atoms with van der Waals surface area (Å²) < 4.78 is 5.07. The number of ketones is 1. The molecule has 0 saturated carbocycles. The van der Waals surface area contributed by atoms with Crippen molar-refractivity contribution in [1.29, 1.82) is 0 Å². The van der Waals surface area contributed by atoms with Crippen molar-refractivity contribution in [3.8, 4) is 5.75 Å². The van der Waals surface area contributed by atoms with Crippen LogP contribution in [0.3, 0.4) is 0 Å². The summed E-state index contributed by atoms with van der Waals surface area (Å²) in [6, 6.07) is 16.6. The summed E-state index contributed by atoms with van der Waals surface area (Å²) in [4.78, 5) is 35.9. The summed E-state index contributed by atoms with van der Waals surface area (Å²) in [5.74, 6) is -1.46. The monoisotopic (exact) mass is 377 g/mol. The molecular weight excluding hydrogens is 358 g/mol. The maximum Gasteiger partial charge on any atom is 0.342 e. The Balaban J connectivity index is 1.65. The third-order valence-electron chi connectivity index (χ3n) is 4.27. The third-order valence-corrected chi connectivity index (χ3v) is 4.27. The largest absolute Gasteiger partial charge is 0.506 e. The minimum absolute atomic E-state index is 0.00382. The number of carbonyl (C=O) groups excluding carboxylic acids is 3. The van der Waals surface area contributed by atoms with Gasteiger partial charge in [-0.05, 0) is 35.7 Å². The lowest BCUT2D eigenvalue weighted by Crippen LogP contribution is -2.15. The highest BCUT2D eigenvalue weighted by Gasteiger charge is 2.17. The predicted octanol–water partition coefficient (Wildman–Crippen LogP) is 3.93. The van der Waals surface area contributed by atoms with Crippen molar-refractivity contribution in [1.82, 2.24) is 0 Å². The van der Waals surface area contributed by atoms with E-state index in [0.29, 0.717) is 23.1 Å². The van der Waals surface area contributed by atoms with Gasteiger partial charge in [0.1, 0.15) is 11.3 Å². The molecule has 0 heterocycles. The van der Waals surface area contributed by atoms with Crippen LogP contribution in [0.2, 0.25) is 0 Å². The van der Waals surface area contributed by atoms with Gasteiger partial charge in [-0.15, -0.1) is 0 Å². The quantitative estimate of drug-likeness (QED) is 0.501. The zero-order valence-electron chi connectivity index (χ0n) is 15.3. The Bertz CT molecular complexity index is 1040. The molecule has 0 atom stereocenters. The number of amides is 1. The van der Waals surface area contributed by atoms with E-state index < -0.39 is 12.6 Å². The first kappa shape index (κ1) is 19.1. The first-order valence-corrected chi connectivity index (χ1v) is 8.80. The van der Waals surface area contributed by atoms with E-state index in [9.17, 15) is 19.5 Å². The second kappa shape index (κ2) is 8.35. The van der Waals surface area contributed by atoms with E-state index in [-0.39, 0.29) is 23.0 Å². The van der Waals surface area contributed by atoms with Crippen molar-refractivity contribution >= 4 is 34.1 Å². The fraction of sp³-hybridized carbons (Fsp3) is 0.136. The number of fused-ring (bicyclic) bond motifs is 1. The Labute approximate surface area is 161 Å². The van der Waals surface area contributed by atoms with Crippen LogP contribution in [-0.4, -0.2) is 29.4 Å². The molecule has 0 aliphatic heterocycles. The molecule has 0 unspecified atom stereocenters. The van der Waals surface area contributed by atoms with Gasteiger partial charge in [0, 0.05) is 23.1 Å². The number of hydrogen-bond acceptors (Lipinski definition) is 5. The Morgan fingerprint density at radius 1 is 0.964 bits per heavy atom. The molecule has 28 heavy (non-hydrogen) atoms. The van der Waals surface area contributed by atoms with Gasteiger partial charge in [-0.3, -0.25) is 9.59 Å². The van der Waals surface area contributed by atoms with Crippen LogP contribution in [0.4, 0.5) is 5.69 Å². The Morgan fingerprint density at radius 2 is 1.68 bits per heavy atom. The molecule has 142 valence electrons. The minimum Gasteiger partial charge on any atom is -0.506 e. The van der Waals surface area contributed by atoms with Gasteiger partial charge in [-0.2, -0.15) is 0 Å². The Morgan fingerprint density at radius 3 is 2.39 bits per heavy atom. The van der Waals surface area contributed by atoms with E-state index in [1.54, 1.807) is 49.4 Å². The van der Waals surface area contributed by atoms with Crippen LogP contribution in [-0.2, 0) is 9.53 Å². The number of benzene rings is 3. The number of phenolic OH excluding ortho intramolecular Hbond substituents is 1. The number of esters is 1. The topological polar surface area (TPSA) is 92.7 Å². The van der Waals surface area contributed by atoms with E-state index in [0.717, 1.165) is 5.39 Å². The molecule has 0 aliphatic rings. The van der Waals surface area contributed by atoms with Crippen LogP contribution in [0.25, 0.3) is 10.8 Å². The van der Waals surface area contributed by atoms with Gasteiger partial charge in [-0.1, -0.05) is 37.3 Å². The standard InChI is InChI=1S/C22H19NO5/c1-2-20(25)23-16-10-7-15(8-11-16)19(24)13-28-22(27)18-12-9-14-5-3-4-6-17(14)21(18)26/h3-12,26H,2,13H2,1H3,(H,23,25). The van der Waals surface area contributed by atoms with Crippen LogP contribution in [0.1, 0.15) is 34.1 Å². The number of nitrogens with one attached hydrogen (secondary N) is 1. The van der Waals surface area contributed by atoms with Gasteiger partial charge in [0.05, 0.1) is 0 Å². The minimum atomic E-state index is -0.775. The highest BCUT2D eigenvalue weighted by molar-refractivity contribution is 6.03. The van der Waals surface area contributed by atoms with Crippen molar-refractivity contribution in [2.75, 3.05) is 11.9 Å². The van der Waals surface area contributed by atoms with Crippen LogP contribution in [0.5, 0.6) is 5.75 Å². The van der Waals surface area contributed by atoms with Crippen molar-refractivity contribution in [3.05, 3.63) is 71.8 Å². The smallest absolute Gasteiger partial charge is 0.342 e. The molecule has 0 radical (unpaired) electrons. The average Bonchev–Trinajstić information content (AvgIpc) is 2.72. The van der Waals surface area contributed by atoms with E-state index in [1.165, 1.54) is 6.07 Å². The molecule has 0 spiro atoms. The van der Waals surface area contributed by atoms with Gasteiger partial charge < -0.3 is 15.2 Å². The van der Waals surface area contributed by atoms with Crippen molar-refractivity contribution in [2.45, 2.75) is 13.3 Å². The summed E-state index contributed by atoms with van der Waals surface area (Å²) >= 11 is 0. The number of rotatable bonds is 6. The number of carbonyl (C=O) groups is 3. The maximum absolute atomic E-state index is 12.3. The Kier molecular flexibility index (Phi) is 5.69. The summed E-state index contributed by atoms with van der Waals surface area (Å²) in [5, 5.41) is 14.3. The number of anilines is 1. The number of Topliss-reactive ketones (excluding diaryl/α,β-unsaturated/α-hetero) is 1. The zero-order chi connectivity index (χ0) is 20.1. The number of ether oxygens (including phenoxy) is 1. The van der Waals surface area contributed by atoms with E-state index in [2.05, 4.69) is 5.32 Å². The van der Waals surface area contributed by atoms with Gasteiger partial charge in [0.15, 0.2) is 12.4 Å². The fourth-order valence-corrected chi connectivity index (χ4v) is 2.70. The molecular formula is C22H19NO5. The van der Waals surface area contributed by atoms with E-state index in [4.69, 9.17) is 4.74 Å². The number of phenols is 1. The van der Waals surface area contributed by atoms with Gasteiger partial charge in [0.25, 0.3) is 0 Å². The fourth-order valence-electron chi connectivity index (χ4n) is 2.70. The molecule has 6 nitrogen and oxygen atoms in total. The first-order chi connectivity index (χ1) is 13.5. The summed E-state index contributed by atoms with van der Waals surface area (Å²) in [6.45, 7) is 1.29. The molecule has 3 aromatic rings. The summed E-state index contributed by atoms with van der Waals surface area (Å²) in [7, 11) is 0. The van der Waals surface area contributed by atoms with Crippen molar-refractivity contribution in [3.63, 3.8) is 0 Å². The summed E-state index contributed by atoms with van der Waals surface area (Å²) in [5.41, 5.74) is 0.940. The molecule has 0 aromatic heterocycles. The lowest BCUT2D eigenvalue weighted by atomic mass is 10.1. The molecule has 2 N–H and O–H groups in total. The van der Waals surface area contributed by atoms with Crippen LogP contribution in [0, 0.1) is 0 Å². The first-order valence-electron chi connectivity index (χ1n) is 8.80. The second-order valence-corrected chi connectivity index (χ2v) is 6.16. The predicted molar refractivity (Wildman–Crippen MR) is 106 cm³/mol. The molecule has 3 rings (SSSR count). The lowest BCUT2D eigenvalue weighted by molar-refractivity contribution is -0.115. The third kappa shape index (κ3) is 4.17. The zero-order valence-corrected chi connectivity index (χ0v) is 15.3. The van der Waals surface area contributed by atoms with Gasteiger partial charge in [-0.25, -0.2) is 4.79 Å². The van der Waals surface area contributed by atoms with Gasteiger partial charge >= 0.3 is 5.97 Å². The molecule has 0 bridgehead atoms. The molecule has 6 heteroatoms. The average molecular weight is 377 g/mol.